The third-order valence-electron chi connectivity index (χ3n) is 3.22. The summed E-state index contributed by atoms with van der Waals surface area (Å²) in [5.41, 5.74) is 0.647. The molecule has 0 aromatic heterocycles. The molecular weight excluding hydrogens is 346 g/mol. The van der Waals surface area contributed by atoms with Crippen molar-refractivity contribution < 1.29 is 27.9 Å². The van der Waals surface area contributed by atoms with Gasteiger partial charge in [0.05, 0.1) is 5.56 Å². The van der Waals surface area contributed by atoms with Crippen LogP contribution in [0, 0.1) is 11.6 Å². The summed E-state index contributed by atoms with van der Waals surface area (Å²) in [5, 5.41) is 5.10. The molecule has 0 aliphatic rings. The summed E-state index contributed by atoms with van der Waals surface area (Å²) in [6.45, 7) is 2.70. The molecule has 2 N–H and O–H groups in total. The fourth-order valence-electron chi connectivity index (χ4n) is 2.04. The summed E-state index contributed by atoms with van der Waals surface area (Å²) in [7, 11) is 0. The highest BCUT2D eigenvalue weighted by Gasteiger charge is 2.20. The molecule has 8 heteroatoms. The van der Waals surface area contributed by atoms with Gasteiger partial charge in [-0.2, -0.15) is 0 Å². The van der Waals surface area contributed by atoms with Crippen molar-refractivity contribution in [3.8, 4) is 0 Å². The van der Waals surface area contributed by atoms with Gasteiger partial charge in [0.1, 0.15) is 11.6 Å². The van der Waals surface area contributed by atoms with Crippen LogP contribution in [0.15, 0.2) is 42.5 Å². The lowest BCUT2D eigenvalue weighted by atomic mass is 10.2. The first-order chi connectivity index (χ1) is 12.2. The second kappa shape index (κ2) is 8.19. The fourth-order valence-corrected chi connectivity index (χ4v) is 2.04. The molecule has 6 nitrogen and oxygen atoms in total. The van der Waals surface area contributed by atoms with E-state index >= 15 is 0 Å². The second-order valence-corrected chi connectivity index (χ2v) is 5.45. The predicted octanol–water partition coefficient (Wildman–Crippen LogP) is 3.11. The summed E-state index contributed by atoms with van der Waals surface area (Å²) >= 11 is 0. The normalized spacial score (nSPS) is 11.4. The largest absolute Gasteiger partial charge is 0.449 e. The van der Waals surface area contributed by atoms with Crippen molar-refractivity contribution in [3.05, 3.63) is 59.7 Å². The van der Waals surface area contributed by atoms with Crippen LogP contribution in [-0.4, -0.2) is 23.9 Å². The summed E-state index contributed by atoms with van der Waals surface area (Å²) in [4.78, 5) is 34.9. The molecule has 136 valence electrons. The number of esters is 1. The Morgan fingerprint density at radius 1 is 0.923 bits per heavy atom. The van der Waals surface area contributed by atoms with Crippen molar-refractivity contribution in [2.24, 2.45) is 0 Å². The number of ether oxygens (including phenoxy) is 1. The molecule has 2 aromatic rings. The van der Waals surface area contributed by atoms with Gasteiger partial charge in [-0.05, 0) is 43.3 Å². The first-order valence-corrected chi connectivity index (χ1v) is 7.60. The Kier molecular flexibility index (Phi) is 6.00. The average molecular weight is 362 g/mol. The number of nitrogens with one attached hydrogen (secondary N) is 2. The zero-order chi connectivity index (χ0) is 19.3. The molecule has 0 spiro atoms. The maximum absolute atomic E-state index is 13.1. The van der Waals surface area contributed by atoms with Gasteiger partial charge < -0.3 is 15.4 Å². The molecule has 0 unspecified atom stereocenters. The van der Waals surface area contributed by atoms with E-state index in [1.165, 1.54) is 13.8 Å². The molecule has 0 saturated heterocycles. The predicted molar refractivity (Wildman–Crippen MR) is 90.6 cm³/mol. The zero-order valence-corrected chi connectivity index (χ0v) is 14.0. The maximum atomic E-state index is 13.1. The minimum Gasteiger partial charge on any atom is -0.449 e. The Balaban J connectivity index is 1.96. The lowest BCUT2D eigenvalue weighted by molar-refractivity contribution is -0.123. The summed E-state index contributed by atoms with van der Waals surface area (Å²) in [5.74, 6) is -3.72. The van der Waals surface area contributed by atoms with E-state index in [2.05, 4.69) is 10.6 Å². The highest BCUT2D eigenvalue weighted by Crippen LogP contribution is 2.15. The van der Waals surface area contributed by atoms with E-state index in [9.17, 15) is 23.2 Å². The fraction of sp³-hybridized carbons (Fsp3) is 0.167. The number of hydrogen-bond donors (Lipinski definition) is 2. The number of hydrogen-bond acceptors (Lipinski definition) is 4. The minimum atomic E-state index is -1.19. The minimum absolute atomic E-state index is 0.226. The van der Waals surface area contributed by atoms with Crippen LogP contribution in [0.3, 0.4) is 0 Å². The van der Waals surface area contributed by atoms with E-state index in [4.69, 9.17) is 4.74 Å². The summed E-state index contributed by atoms with van der Waals surface area (Å²) < 4.78 is 31.2. The van der Waals surface area contributed by atoms with E-state index < -0.39 is 29.6 Å². The van der Waals surface area contributed by atoms with Gasteiger partial charge >= 0.3 is 5.97 Å². The van der Waals surface area contributed by atoms with Crippen molar-refractivity contribution in [1.82, 2.24) is 0 Å². The molecule has 2 aromatic carbocycles. The Hall–Kier alpha value is -3.29. The highest BCUT2D eigenvalue weighted by atomic mass is 19.1. The van der Waals surface area contributed by atoms with Crippen molar-refractivity contribution in [2.75, 3.05) is 10.6 Å². The monoisotopic (exact) mass is 362 g/mol. The highest BCUT2D eigenvalue weighted by molar-refractivity contribution is 5.97. The van der Waals surface area contributed by atoms with E-state index in [0.717, 1.165) is 12.1 Å². The standard InChI is InChI=1S/C18H16F2N2O4/c1-10(26-18(25)12-7-13(19)9-14(20)8-12)17(24)22-16-5-3-15(4-6-16)21-11(2)23/h3-10H,1-2H3,(H,21,23)(H,22,24)/t10-/m1/s1. The number of carbonyl (C=O) groups excluding carboxylic acids is 3. The lowest BCUT2D eigenvalue weighted by Crippen LogP contribution is -2.30. The third-order valence-corrected chi connectivity index (χ3v) is 3.22. The number of amides is 2. The van der Waals surface area contributed by atoms with Crippen LogP contribution in [0.1, 0.15) is 24.2 Å². The van der Waals surface area contributed by atoms with Crippen molar-refractivity contribution in [2.45, 2.75) is 20.0 Å². The summed E-state index contributed by atoms with van der Waals surface area (Å²) in [6.07, 6.45) is -1.19. The van der Waals surface area contributed by atoms with Crippen LogP contribution in [0.2, 0.25) is 0 Å². The Bertz CT molecular complexity index is 817. The Labute approximate surface area is 148 Å². The van der Waals surface area contributed by atoms with Crippen LogP contribution in [-0.2, 0) is 14.3 Å². The van der Waals surface area contributed by atoms with Gasteiger partial charge in [0, 0.05) is 24.4 Å². The Morgan fingerprint density at radius 2 is 1.42 bits per heavy atom. The van der Waals surface area contributed by atoms with Crippen LogP contribution in [0.4, 0.5) is 20.2 Å². The molecule has 0 aliphatic carbocycles. The van der Waals surface area contributed by atoms with Crippen LogP contribution >= 0.6 is 0 Å². The first-order valence-electron chi connectivity index (χ1n) is 7.60. The zero-order valence-electron chi connectivity index (χ0n) is 14.0. The molecule has 2 rings (SSSR count). The average Bonchev–Trinajstić information content (AvgIpc) is 2.55. The van der Waals surface area contributed by atoms with Crippen molar-refractivity contribution in [1.29, 1.82) is 0 Å². The van der Waals surface area contributed by atoms with Crippen molar-refractivity contribution >= 4 is 29.2 Å². The first kappa shape index (κ1) is 19.0. The third kappa shape index (κ3) is 5.37. The van der Waals surface area contributed by atoms with Crippen LogP contribution in [0.5, 0.6) is 0 Å². The van der Waals surface area contributed by atoms with Crippen molar-refractivity contribution in [3.63, 3.8) is 0 Å². The summed E-state index contributed by atoms with van der Waals surface area (Å²) in [6, 6.07) is 8.54. The number of anilines is 2. The molecular formula is C18H16F2N2O4. The van der Waals surface area contributed by atoms with E-state index in [0.29, 0.717) is 17.4 Å². The van der Waals surface area contributed by atoms with Gasteiger partial charge in [-0.25, -0.2) is 13.6 Å². The van der Waals surface area contributed by atoms with Crippen LogP contribution < -0.4 is 10.6 Å². The number of halogens is 2. The molecule has 0 heterocycles. The SMILES string of the molecule is CC(=O)Nc1ccc(NC(=O)[C@@H](C)OC(=O)c2cc(F)cc(F)c2)cc1. The molecule has 26 heavy (non-hydrogen) atoms. The van der Waals surface area contributed by atoms with Gasteiger partial charge in [-0.1, -0.05) is 0 Å². The number of carbonyl (C=O) groups is 3. The van der Waals surface area contributed by atoms with Crippen LogP contribution in [0.25, 0.3) is 0 Å². The Morgan fingerprint density at radius 3 is 1.92 bits per heavy atom. The molecule has 0 radical (unpaired) electrons. The second-order valence-electron chi connectivity index (χ2n) is 5.45. The molecule has 0 aliphatic heterocycles. The number of rotatable bonds is 5. The molecule has 0 saturated carbocycles. The van der Waals surface area contributed by atoms with Gasteiger partial charge in [-0.15, -0.1) is 0 Å². The molecule has 0 bridgehead atoms. The van der Waals surface area contributed by atoms with E-state index in [1.807, 2.05) is 0 Å². The molecule has 1 atom stereocenters. The van der Waals surface area contributed by atoms with E-state index in [-0.39, 0.29) is 11.5 Å². The van der Waals surface area contributed by atoms with Gasteiger partial charge in [0.2, 0.25) is 5.91 Å². The molecule has 0 fully saturated rings. The number of benzene rings is 2. The van der Waals surface area contributed by atoms with E-state index in [1.54, 1.807) is 24.3 Å². The van der Waals surface area contributed by atoms with Gasteiger partial charge in [0.15, 0.2) is 6.10 Å². The van der Waals surface area contributed by atoms with Gasteiger partial charge in [-0.3, -0.25) is 9.59 Å². The smallest absolute Gasteiger partial charge is 0.339 e. The molecule has 2 amide bonds. The topological polar surface area (TPSA) is 84.5 Å². The quantitative estimate of drug-likeness (QED) is 0.801. The van der Waals surface area contributed by atoms with Gasteiger partial charge in [0.25, 0.3) is 5.91 Å². The maximum Gasteiger partial charge on any atom is 0.339 e. The lowest BCUT2D eigenvalue weighted by Gasteiger charge is -2.14.